The SMILES string of the molecule is O=C1CCCCCO1.O=C=NC1(CC2(N=C=O)C=CC=CC2)C=CC=CC1.OCCOCCO. The summed E-state index contributed by atoms with van der Waals surface area (Å²) in [5.41, 5.74) is -1.35. The van der Waals surface area contributed by atoms with Crippen LogP contribution in [-0.2, 0) is 23.9 Å². The van der Waals surface area contributed by atoms with Crippen LogP contribution >= 0.6 is 0 Å². The predicted molar refractivity (Wildman–Crippen MR) is 127 cm³/mol. The van der Waals surface area contributed by atoms with Crippen LogP contribution in [0.15, 0.2) is 58.6 Å². The molecule has 2 aliphatic carbocycles. The van der Waals surface area contributed by atoms with E-state index >= 15 is 0 Å². The first-order valence-corrected chi connectivity index (χ1v) is 11.4. The summed E-state index contributed by atoms with van der Waals surface area (Å²) in [5, 5.41) is 16.2. The maximum absolute atomic E-state index is 10.7. The molecule has 9 nitrogen and oxygen atoms in total. The van der Waals surface area contributed by atoms with Gasteiger partial charge in [-0.05, 0) is 32.1 Å². The molecule has 9 heteroatoms. The number of isocyanates is 2. The van der Waals surface area contributed by atoms with E-state index in [-0.39, 0.29) is 19.2 Å². The second-order valence-electron chi connectivity index (χ2n) is 7.86. The van der Waals surface area contributed by atoms with Crippen LogP contribution in [0.5, 0.6) is 0 Å². The van der Waals surface area contributed by atoms with Gasteiger partial charge in [0.1, 0.15) is 0 Å². The van der Waals surface area contributed by atoms with Crippen LogP contribution in [0.1, 0.15) is 44.9 Å². The Bertz CT molecular complexity index is 759. The molecule has 2 N–H and O–H groups in total. The van der Waals surface area contributed by atoms with E-state index in [2.05, 4.69) is 14.7 Å². The molecule has 0 saturated carbocycles. The summed E-state index contributed by atoms with van der Waals surface area (Å²) in [6.07, 6.45) is 23.9. The third-order valence-electron chi connectivity index (χ3n) is 5.16. The summed E-state index contributed by atoms with van der Waals surface area (Å²) in [7, 11) is 0. The number of nitrogens with zero attached hydrogens (tertiary/aromatic N) is 2. The van der Waals surface area contributed by atoms with Crippen molar-refractivity contribution in [3.63, 3.8) is 0 Å². The molecular weight excluding hydrogens is 440 g/mol. The Morgan fingerprint density at radius 1 is 0.882 bits per heavy atom. The van der Waals surface area contributed by atoms with Crippen LogP contribution < -0.4 is 0 Å². The lowest BCUT2D eigenvalue weighted by Gasteiger charge is -2.34. The van der Waals surface area contributed by atoms with Crippen molar-refractivity contribution >= 4 is 18.1 Å². The number of aliphatic imine (C=N–C) groups is 2. The minimum Gasteiger partial charge on any atom is -0.466 e. The fourth-order valence-electron chi connectivity index (χ4n) is 3.56. The van der Waals surface area contributed by atoms with Gasteiger partial charge in [0.15, 0.2) is 0 Å². The molecule has 1 fully saturated rings. The van der Waals surface area contributed by atoms with E-state index in [1.54, 1.807) is 12.2 Å². The van der Waals surface area contributed by atoms with Crippen LogP contribution in [0.3, 0.4) is 0 Å². The van der Waals surface area contributed by atoms with Crippen molar-refractivity contribution in [3.8, 4) is 0 Å². The number of ether oxygens (including phenoxy) is 2. The van der Waals surface area contributed by atoms with E-state index < -0.39 is 11.1 Å². The Balaban J connectivity index is 0.000000317. The summed E-state index contributed by atoms with van der Waals surface area (Å²) in [6.45, 7) is 1.33. The van der Waals surface area contributed by atoms with Crippen molar-refractivity contribution in [2.75, 3.05) is 33.0 Å². The number of esters is 1. The van der Waals surface area contributed by atoms with Gasteiger partial charge in [0.2, 0.25) is 12.2 Å². The topological polar surface area (TPSA) is 135 Å². The molecular formula is C25H34N2O7. The highest BCUT2D eigenvalue weighted by Crippen LogP contribution is 2.37. The molecule has 0 radical (unpaired) electrons. The van der Waals surface area contributed by atoms with Crippen molar-refractivity contribution in [2.24, 2.45) is 9.98 Å². The normalized spacial score (nSPS) is 24.7. The highest BCUT2D eigenvalue weighted by Gasteiger charge is 2.38. The Morgan fingerprint density at radius 3 is 1.88 bits per heavy atom. The van der Waals surface area contributed by atoms with Gasteiger partial charge in [-0.1, -0.05) is 48.6 Å². The fraction of sp³-hybridized carbons (Fsp3) is 0.560. The third kappa shape index (κ3) is 11.8. The molecule has 0 aromatic carbocycles. The number of aliphatic hydroxyl groups is 2. The summed E-state index contributed by atoms with van der Waals surface area (Å²) in [5.74, 6) is -0.0255. The van der Waals surface area contributed by atoms with Gasteiger partial charge in [0, 0.05) is 12.8 Å². The van der Waals surface area contributed by atoms with Gasteiger partial charge in [-0.2, -0.15) is 9.98 Å². The lowest BCUT2D eigenvalue weighted by atomic mass is 9.76. The molecule has 186 valence electrons. The molecule has 0 amide bonds. The molecule has 1 saturated heterocycles. The van der Waals surface area contributed by atoms with Gasteiger partial charge >= 0.3 is 5.97 Å². The van der Waals surface area contributed by atoms with Gasteiger partial charge in [-0.15, -0.1) is 0 Å². The molecule has 0 aromatic rings. The Kier molecular flexibility index (Phi) is 15.0. The molecule has 3 aliphatic rings. The molecule has 34 heavy (non-hydrogen) atoms. The average Bonchev–Trinajstić information content (AvgIpc) is 3.09. The predicted octanol–water partition coefficient (Wildman–Crippen LogP) is 2.65. The van der Waals surface area contributed by atoms with Crippen LogP contribution in [0.25, 0.3) is 0 Å². The van der Waals surface area contributed by atoms with E-state index in [9.17, 15) is 14.4 Å². The largest absolute Gasteiger partial charge is 0.466 e. The van der Waals surface area contributed by atoms with Gasteiger partial charge in [-0.3, -0.25) is 4.79 Å². The number of carbonyl (C=O) groups excluding carboxylic acids is 3. The zero-order valence-electron chi connectivity index (χ0n) is 19.4. The molecule has 0 aromatic heterocycles. The van der Waals surface area contributed by atoms with E-state index in [1.807, 2.05) is 48.6 Å². The van der Waals surface area contributed by atoms with Crippen molar-refractivity contribution in [1.29, 1.82) is 0 Å². The molecule has 2 unspecified atom stereocenters. The van der Waals surface area contributed by atoms with Gasteiger partial charge in [-0.25, -0.2) is 9.59 Å². The zero-order chi connectivity index (χ0) is 25.0. The first-order chi connectivity index (χ1) is 16.6. The number of cyclic esters (lactones) is 1. The second-order valence-corrected chi connectivity index (χ2v) is 7.86. The highest BCUT2D eigenvalue weighted by molar-refractivity contribution is 5.69. The summed E-state index contributed by atoms with van der Waals surface area (Å²) >= 11 is 0. The molecule has 1 aliphatic heterocycles. The number of hydrogen-bond acceptors (Lipinski definition) is 9. The number of rotatable bonds is 8. The minimum atomic E-state index is -0.674. The van der Waals surface area contributed by atoms with Gasteiger partial charge < -0.3 is 19.7 Å². The molecule has 0 bridgehead atoms. The zero-order valence-corrected chi connectivity index (χ0v) is 19.4. The van der Waals surface area contributed by atoms with Crippen LogP contribution in [0, 0.1) is 0 Å². The molecule has 2 atom stereocenters. The van der Waals surface area contributed by atoms with Crippen LogP contribution in [0.2, 0.25) is 0 Å². The summed E-state index contributed by atoms with van der Waals surface area (Å²) in [4.78, 5) is 39.7. The molecule has 3 rings (SSSR count). The van der Waals surface area contributed by atoms with Gasteiger partial charge in [0.05, 0.1) is 44.1 Å². The van der Waals surface area contributed by atoms with E-state index in [4.69, 9.17) is 14.9 Å². The lowest BCUT2D eigenvalue weighted by molar-refractivity contribution is -0.142. The maximum Gasteiger partial charge on any atom is 0.305 e. The molecule has 0 spiro atoms. The van der Waals surface area contributed by atoms with E-state index in [0.29, 0.717) is 45.5 Å². The Hall–Kier alpha value is -2.93. The summed E-state index contributed by atoms with van der Waals surface area (Å²) in [6, 6.07) is 0. The smallest absolute Gasteiger partial charge is 0.305 e. The van der Waals surface area contributed by atoms with E-state index in [0.717, 1.165) is 19.3 Å². The number of aliphatic hydroxyl groups excluding tert-OH is 2. The first-order valence-electron chi connectivity index (χ1n) is 11.4. The first kappa shape index (κ1) is 29.1. The van der Waals surface area contributed by atoms with Crippen LogP contribution in [0.4, 0.5) is 0 Å². The quantitative estimate of drug-likeness (QED) is 0.239. The van der Waals surface area contributed by atoms with Crippen LogP contribution in [-0.4, -0.2) is 72.5 Å². The van der Waals surface area contributed by atoms with Gasteiger partial charge in [0.25, 0.3) is 0 Å². The number of hydrogen-bond donors (Lipinski definition) is 2. The molecule has 1 heterocycles. The maximum atomic E-state index is 10.7. The Labute approximate surface area is 200 Å². The minimum absolute atomic E-state index is 0.0255. The number of allylic oxidation sites excluding steroid dienone is 4. The van der Waals surface area contributed by atoms with Crippen molar-refractivity contribution < 1.29 is 34.1 Å². The monoisotopic (exact) mass is 474 g/mol. The second kappa shape index (κ2) is 17.5. The lowest BCUT2D eigenvalue weighted by Crippen LogP contribution is -2.37. The standard InChI is InChI=1S/C15H14N2O2.C6H10O2.C4H10O3/c18-12-16-14(7-3-1-4-8-14)11-15(17-13-19)9-5-2-6-10-15;7-6-4-2-1-3-5-8-6;5-1-3-7-4-2-6/h1-7,9H,8,10-11H2;1-5H2;5-6H,1-4H2. The average molecular weight is 475 g/mol. The van der Waals surface area contributed by atoms with E-state index in [1.165, 1.54) is 0 Å². The van der Waals surface area contributed by atoms with Crippen molar-refractivity contribution in [2.45, 2.75) is 56.0 Å². The van der Waals surface area contributed by atoms with Crippen molar-refractivity contribution in [3.05, 3.63) is 48.6 Å². The number of carbonyl (C=O) groups is 1. The van der Waals surface area contributed by atoms with Crippen molar-refractivity contribution in [1.82, 2.24) is 0 Å². The summed E-state index contributed by atoms with van der Waals surface area (Å²) < 4.78 is 9.40. The highest BCUT2D eigenvalue weighted by atomic mass is 16.5. The fourth-order valence-corrected chi connectivity index (χ4v) is 3.56. The Morgan fingerprint density at radius 2 is 1.44 bits per heavy atom. The third-order valence-corrected chi connectivity index (χ3v) is 5.16.